The van der Waals surface area contributed by atoms with Crippen molar-refractivity contribution < 1.29 is 13.2 Å². The largest absolute Gasteiger partial charge is 0.290 e. The molecule has 2 rings (SSSR count). The smallest absolute Gasteiger partial charge is 0.282 e. The summed E-state index contributed by atoms with van der Waals surface area (Å²) in [6, 6.07) is 8.00. The van der Waals surface area contributed by atoms with Crippen LogP contribution in [-0.4, -0.2) is 19.9 Å². The average molecular weight is 275 g/mol. The molecule has 5 heteroatoms. The van der Waals surface area contributed by atoms with E-state index in [0.29, 0.717) is 16.9 Å². The number of benzene rings is 1. The number of hydrogen-bond acceptors (Lipinski definition) is 3. The van der Waals surface area contributed by atoms with Crippen LogP contribution >= 0.6 is 0 Å². The highest BCUT2D eigenvalue weighted by Crippen LogP contribution is 2.17. The van der Waals surface area contributed by atoms with Crippen molar-refractivity contribution in [2.45, 2.75) is 18.7 Å². The molecule has 0 aromatic heterocycles. The van der Waals surface area contributed by atoms with Crippen molar-refractivity contribution in [2.24, 2.45) is 4.40 Å². The van der Waals surface area contributed by atoms with Crippen LogP contribution in [0.25, 0.3) is 0 Å². The molecule has 0 saturated heterocycles. The van der Waals surface area contributed by atoms with Gasteiger partial charge in [0.15, 0.2) is 5.78 Å². The molecule has 0 saturated carbocycles. The summed E-state index contributed by atoms with van der Waals surface area (Å²) in [5, 5.41) is 0. The molecule has 1 aliphatic carbocycles. The maximum atomic E-state index is 12.1. The highest BCUT2D eigenvalue weighted by atomic mass is 32.2. The SMILES string of the molecule is CC1=C/C(=N/S(=O)(=O)c2ccccc2)C(C)=CC1=O. The van der Waals surface area contributed by atoms with Gasteiger partial charge in [-0.3, -0.25) is 4.79 Å². The number of ketones is 1. The summed E-state index contributed by atoms with van der Waals surface area (Å²) in [7, 11) is -3.74. The third kappa shape index (κ3) is 2.88. The summed E-state index contributed by atoms with van der Waals surface area (Å²) in [6.45, 7) is 3.30. The quantitative estimate of drug-likeness (QED) is 0.778. The van der Waals surface area contributed by atoms with Crippen LogP contribution in [-0.2, 0) is 14.8 Å². The van der Waals surface area contributed by atoms with Crippen LogP contribution in [0.15, 0.2) is 62.9 Å². The van der Waals surface area contributed by atoms with Crippen molar-refractivity contribution in [3.05, 3.63) is 53.6 Å². The molecule has 98 valence electrons. The molecule has 0 heterocycles. The highest BCUT2D eigenvalue weighted by Gasteiger charge is 2.17. The molecule has 0 N–H and O–H groups in total. The van der Waals surface area contributed by atoms with Crippen molar-refractivity contribution in [1.82, 2.24) is 0 Å². The number of rotatable bonds is 2. The van der Waals surface area contributed by atoms with Gasteiger partial charge in [0.1, 0.15) is 0 Å². The summed E-state index contributed by atoms with van der Waals surface area (Å²) >= 11 is 0. The van der Waals surface area contributed by atoms with E-state index in [9.17, 15) is 13.2 Å². The van der Waals surface area contributed by atoms with Crippen LogP contribution in [0.4, 0.5) is 0 Å². The monoisotopic (exact) mass is 275 g/mol. The normalized spacial score (nSPS) is 18.2. The maximum Gasteiger partial charge on any atom is 0.282 e. The van der Waals surface area contributed by atoms with E-state index in [2.05, 4.69) is 4.40 Å². The Kier molecular flexibility index (Phi) is 3.48. The Hall–Kier alpha value is -2.01. The lowest BCUT2D eigenvalue weighted by Crippen LogP contribution is -2.12. The fraction of sp³-hybridized carbons (Fsp3) is 0.143. The van der Waals surface area contributed by atoms with Crippen LogP contribution in [0.2, 0.25) is 0 Å². The van der Waals surface area contributed by atoms with Gasteiger partial charge in [-0.05, 0) is 49.3 Å². The van der Waals surface area contributed by atoms with E-state index in [4.69, 9.17) is 0 Å². The fourth-order valence-electron chi connectivity index (χ4n) is 1.65. The van der Waals surface area contributed by atoms with Crippen molar-refractivity contribution in [3.63, 3.8) is 0 Å². The van der Waals surface area contributed by atoms with Crippen LogP contribution in [0, 0.1) is 0 Å². The molecular weight excluding hydrogens is 262 g/mol. The minimum absolute atomic E-state index is 0.117. The molecule has 0 spiro atoms. The van der Waals surface area contributed by atoms with Crippen LogP contribution in [0.5, 0.6) is 0 Å². The zero-order chi connectivity index (χ0) is 14.0. The average Bonchev–Trinajstić information content (AvgIpc) is 2.37. The van der Waals surface area contributed by atoms with Crippen LogP contribution in [0.1, 0.15) is 13.8 Å². The summed E-state index contributed by atoms with van der Waals surface area (Å²) in [5.41, 5.74) is 1.34. The van der Waals surface area contributed by atoms with E-state index < -0.39 is 10.0 Å². The topological polar surface area (TPSA) is 63.6 Å². The first-order valence-corrected chi connectivity index (χ1v) is 7.15. The summed E-state index contributed by atoms with van der Waals surface area (Å²) < 4.78 is 28.0. The molecule has 1 aromatic rings. The van der Waals surface area contributed by atoms with Gasteiger partial charge in [0.2, 0.25) is 0 Å². The van der Waals surface area contributed by atoms with E-state index in [1.54, 1.807) is 32.0 Å². The zero-order valence-corrected chi connectivity index (χ0v) is 11.4. The van der Waals surface area contributed by atoms with Crippen molar-refractivity contribution in [3.8, 4) is 0 Å². The molecule has 1 aromatic carbocycles. The standard InChI is InChI=1S/C14H13NO3S/c1-10-9-14(16)11(2)8-13(10)15-19(17,18)12-6-4-3-5-7-12/h3-9H,1-2H3/b15-13-. The van der Waals surface area contributed by atoms with E-state index in [0.717, 1.165) is 0 Å². The Morgan fingerprint density at radius 2 is 1.58 bits per heavy atom. The van der Waals surface area contributed by atoms with Gasteiger partial charge in [0.25, 0.3) is 10.0 Å². The Balaban J connectivity index is 2.48. The number of hydrogen-bond donors (Lipinski definition) is 0. The molecule has 0 unspecified atom stereocenters. The number of carbonyl (C=O) groups excluding carboxylic acids is 1. The predicted molar refractivity (Wildman–Crippen MR) is 73.6 cm³/mol. The van der Waals surface area contributed by atoms with Crippen LogP contribution in [0.3, 0.4) is 0 Å². The molecule has 4 nitrogen and oxygen atoms in total. The third-order valence-electron chi connectivity index (χ3n) is 2.75. The van der Waals surface area contributed by atoms with E-state index in [1.807, 2.05) is 0 Å². The zero-order valence-electron chi connectivity index (χ0n) is 10.6. The maximum absolute atomic E-state index is 12.1. The lowest BCUT2D eigenvalue weighted by molar-refractivity contribution is -0.111. The van der Waals surface area contributed by atoms with Gasteiger partial charge >= 0.3 is 0 Å². The first kappa shape index (κ1) is 13.4. The first-order valence-electron chi connectivity index (χ1n) is 5.71. The van der Waals surface area contributed by atoms with Crippen molar-refractivity contribution in [1.29, 1.82) is 0 Å². The van der Waals surface area contributed by atoms with Crippen LogP contribution < -0.4 is 0 Å². The first-order chi connectivity index (χ1) is 8.90. The molecular formula is C14H13NO3S. The summed E-state index contributed by atoms with van der Waals surface area (Å²) in [6.07, 6.45) is 2.90. The second-order valence-corrected chi connectivity index (χ2v) is 5.89. The Morgan fingerprint density at radius 3 is 2.21 bits per heavy atom. The number of sulfonamides is 1. The van der Waals surface area contributed by atoms with Gasteiger partial charge in [0.05, 0.1) is 10.6 Å². The summed E-state index contributed by atoms with van der Waals surface area (Å²) in [4.78, 5) is 11.6. The van der Waals surface area contributed by atoms with Crippen molar-refractivity contribution >= 4 is 21.5 Å². The Morgan fingerprint density at radius 1 is 0.947 bits per heavy atom. The molecule has 0 fully saturated rings. The van der Waals surface area contributed by atoms with Gasteiger partial charge in [-0.25, -0.2) is 0 Å². The predicted octanol–water partition coefficient (Wildman–Crippen LogP) is 2.29. The van der Waals surface area contributed by atoms with Gasteiger partial charge in [-0.15, -0.1) is 0 Å². The summed E-state index contributed by atoms with van der Waals surface area (Å²) in [5.74, 6) is -0.117. The second kappa shape index (κ2) is 4.93. The van der Waals surface area contributed by atoms with Gasteiger partial charge < -0.3 is 0 Å². The lowest BCUT2D eigenvalue weighted by atomic mass is 9.99. The molecule has 1 aliphatic rings. The molecule has 0 aliphatic heterocycles. The molecule has 0 amide bonds. The third-order valence-corrected chi connectivity index (χ3v) is 4.06. The van der Waals surface area contributed by atoms with E-state index >= 15 is 0 Å². The lowest BCUT2D eigenvalue weighted by Gasteiger charge is -2.09. The number of nitrogens with zero attached hydrogens (tertiary/aromatic N) is 1. The Labute approximate surface area is 112 Å². The van der Waals surface area contributed by atoms with Crippen molar-refractivity contribution in [2.75, 3.05) is 0 Å². The molecule has 0 bridgehead atoms. The molecule has 0 radical (unpaired) electrons. The fourth-order valence-corrected chi connectivity index (χ4v) is 2.71. The highest BCUT2D eigenvalue weighted by molar-refractivity contribution is 7.90. The molecule has 0 atom stereocenters. The number of carbonyl (C=O) groups is 1. The minimum atomic E-state index is -3.74. The minimum Gasteiger partial charge on any atom is -0.290 e. The van der Waals surface area contributed by atoms with E-state index in [1.165, 1.54) is 24.3 Å². The van der Waals surface area contributed by atoms with E-state index in [-0.39, 0.29) is 10.7 Å². The van der Waals surface area contributed by atoms with Gasteiger partial charge in [-0.2, -0.15) is 12.8 Å². The number of allylic oxidation sites excluding steroid dienone is 4. The van der Waals surface area contributed by atoms with Gasteiger partial charge in [-0.1, -0.05) is 18.2 Å². The molecule has 19 heavy (non-hydrogen) atoms. The second-order valence-electron chi connectivity index (χ2n) is 4.28. The van der Waals surface area contributed by atoms with Gasteiger partial charge in [0, 0.05) is 0 Å². The Bertz CT molecular complexity index is 710.